The van der Waals surface area contributed by atoms with Crippen LogP contribution in [0.4, 0.5) is 0 Å². The van der Waals surface area contributed by atoms with Crippen molar-refractivity contribution < 1.29 is 9.31 Å². The van der Waals surface area contributed by atoms with Gasteiger partial charge < -0.3 is 9.31 Å². The van der Waals surface area contributed by atoms with Crippen LogP contribution >= 0.6 is 11.6 Å². The van der Waals surface area contributed by atoms with Crippen molar-refractivity contribution in [3.05, 3.63) is 27.8 Å². The van der Waals surface area contributed by atoms with Crippen molar-refractivity contribution in [2.75, 3.05) is 0 Å². The molecule has 0 radical (unpaired) electrons. The number of halogens is 1. The highest BCUT2D eigenvalue weighted by Crippen LogP contribution is 2.37. The van der Waals surface area contributed by atoms with Gasteiger partial charge >= 0.3 is 7.12 Å². The molecular formula is C15H22BClO2. The Hall–Kier alpha value is -0.505. The van der Waals surface area contributed by atoms with E-state index in [1.54, 1.807) is 0 Å². The van der Waals surface area contributed by atoms with E-state index in [0.717, 1.165) is 27.2 Å². The fourth-order valence-electron chi connectivity index (χ4n) is 2.50. The maximum Gasteiger partial charge on any atom is 0.495 e. The Morgan fingerprint density at radius 2 is 1.42 bits per heavy atom. The fourth-order valence-corrected chi connectivity index (χ4v) is 2.66. The molecule has 19 heavy (non-hydrogen) atoms. The Morgan fingerprint density at radius 3 is 1.89 bits per heavy atom. The maximum atomic E-state index is 6.36. The zero-order valence-corrected chi connectivity index (χ0v) is 13.6. The molecule has 0 aromatic heterocycles. The molecular weight excluding hydrogens is 258 g/mol. The predicted octanol–water partition coefficient (Wildman–Crippen LogP) is 3.56. The molecule has 0 spiro atoms. The molecule has 1 aliphatic heterocycles. The molecule has 1 saturated heterocycles. The van der Waals surface area contributed by atoms with Gasteiger partial charge in [-0.05, 0) is 65.1 Å². The first-order valence-corrected chi connectivity index (χ1v) is 7.06. The average Bonchev–Trinajstić information content (AvgIpc) is 2.44. The molecule has 0 unspecified atom stereocenters. The Morgan fingerprint density at radius 1 is 0.947 bits per heavy atom. The number of hydrogen-bond acceptors (Lipinski definition) is 2. The number of rotatable bonds is 1. The summed E-state index contributed by atoms with van der Waals surface area (Å²) in [7, 11) is -0.344. The fraction of sp³-hybridized carbons (Fsp3) is 0.600. The minimum absolute atomic E-state index is 0.325. The van der Waals surface area contributed by atoms with Crippen LogP contribution in [0.1, 0.15) is 44.4 Å². The maximum absolute atomic E-state index is 6.36. The minimum Gasteiger partial charge on any atom is -0.399 e. The van der Waals surface area contributed by atoms with Crippen molar-refractivity contribution in [2.24, 2.45) is 0 Å². The Labute approximate surface area is 121 Å². The van der Waals surface area contributed by atoms with Gasteiger partial charge in [0, 0.05) is 5.02 Å². The predicted molar refractivity (Wildman–Crippen MR) is 81.4 cm³/mol. The van der Waals surface area contributed by atoms with Gasteiger partial charge in [-0.2, -0.15) is 0 Å². The van der Waals surface area contributed by atoms with Crippen LogP contribution in [0.5, 0.6) is 0 Å². The van der Waals surface area contributed by atoms with E-state index < -0.39 is 0 Å². The van der Waals surface area contributed by atoms with Gasteiger partial charge in [0.25, 0.3) is 0 Å². The topological polar surface area (TPSA) is 18.5 Å². The lowest BCUT2D eigenvalue weighted by molar-refractivity contribution is 0.00578. The summed E-state index contributed by atoms with van der Waals surface area (Å²) in [6, 6.07) is 2.09. The lowest BCUT2D eigenvalue weighted by Crippen LogP contribution is -2.41. The van der Waals surface area contributed by atoms with Gasteiger partial charge in [0.05, 0.1) is 11.2 Å². The highest BCUT2D eigenvalue weighted by atomic mass is 35.5. The van der Waals surface area contributed by atoms with Gasteiger partial charge in [0.2, 0.25) is 0 Å². The standard InChI is InChI=1S/C15H22BClO2/c1-9-8-10(2)13(17)11(3)12(9)16-18-14(4,5)15(6,7)19-16/h8H,1-7H3. The highest BCUT2D eigenvalue weighted by Gasteiger charge is 2.52. The van der Waals surface area contributed by atoms with Gasteiger partial charge in [-0.15, -0.1) is 0 Å². The molecule has 1 fully saturated rings. The molecule has 2 nitrogen and oxygen atoms in total. The second-order valence-corrected chi connectivity index (χ2v) is 6.83. The van der Waals surface area contributed by atoms with Crippen molar-refractivity contribution in [1.82, 2.24) is 0 Å². The SMILES string of the molecule is Cc1cc(C)c(B2OC(C)(C)C(C)(C)O2)c(C)c1Cl. The summed E-state index contributed by atoms with van der Waals surface area (Å²) in [5.41, 5.74) is 3.73. The van der Waals surface area contributed by atoms with Crippen molar-refractivity contribution in [3.63, 3.8) is 0 Å². The molecule has 1 heterocycles. The van der Waals surface area contributed by atoms with Crippen LogP contribution in [-0.4, -0.2) is 18.3 Å². The van der Waals surface area contributed by atoms with Crippen molar-refractivity contribution in [3.8, 4) is 0 Å². The van der Waals surface area contributed by atoms with Gasteiger partial charge in [-0.25, -0.2) is 0 Å². The van der Waals surface area contributed by atoms with E-state index in [1.807, 2.05) is 13.8 Å². The van der Waals surface area contributed by atoms with Crippen LogP contribution in [0.25, 0.3) is 0 Å². The van der Waals surface area contributed by atoms with Crippen molar-refractivity contribution in [1.29, 1.82) is 0 Å². The minimum atomic E-state index is -0.344. The number of hydrogen-bond donors (Lipinski definition) is 0. The monoisotopic (exact) mass is 280 g/mol. The lowest BCUT2D eigenvalue weighted by Gasteiger charge is -2.32. The summed E-state index contributed by atoms with van der Waals surface area (Å²) < 4.78 is 12.3. The Bertz CT molecular complexity index is 507. The molecule has 4 heteroatoms. The second-order valence-electron chi connectivity index (χ2n) is 6.45. The van der Waals surface area contributed by atoms with E-state index in [-0.39, 0.29) is 18.3 Å². The molecule has 0 N–H and O–H groups in total. The summed E-state index contributed by atoms with van der Waals surface area (Å²) in [6.45, 7) is 14.4. The van der Waals surface area contributed by atoms with Gasteiger partial charge in [0.15, 0.2) is 0 Å². The zero-order chi connectivity index (χ0) is 14.6. The molecule has 104 valence electrons. The average molecular weight is 281 g/mol. The highest BCUT2D eigenvalue weighted by molar-refractivity contribution is 6.63. The second kappa shape index (κ2) is 4.51. The van der Waals surface area contributed by atoms with E-state index in [2.05, 4.69) is 40.7 Å². The molecule has 1 aromatic carbocycles. The van der Waals surface area contributed by atoms with Crippen molar-refractivity contribution in [2.45, 2.75) is 59.7 Å². The summed E-state index contributed by atoms with van der Waals surface area (Å²) in [5.74, 6) is 0. The molecule has 0 bridgehead atoms. The van der Waals surface area contributed by atoms with Crippen LogP contribution in [0.3, 0.4) is 0 Å². The summed E-state index contributed by atoms with van der Waals surface area (Å²) in [4.78, 5) is 0. The third-order valence-corrected chi connectivity index (χ3v) is 5.01. The van der Waals surface area contributed by atoms with Crippen LogP contribution in [0.15, 0.2) is 6.07 Å². The molecule has 0 amide bonds. The van der Waals surface area contributed by atoms with Crippen LogP contribution in [0.2, 0.25) is 5.02 Å². The van der Waals surface area contributed by atoms with Gasteiger partial charge in [-0.3, -0.25) is 0 Å². The number of aryl methyl sites for hydroxylation is 2. The van der Waals surface area contributed by atoms with Crippen LogP contribution < -0.4 is 5.46 Å². The Kier molecular flexibility index (Phi) is 3.53. The molecule has 1 aromatic rings. The third kappa shape index (κ3) is 2.33. The smallest absolute Gasteiger partial charge is 0.399 e. The molecule has 0 saturated carbocycles. The van der Waals surface area contributed by atoms with Crippen molar-refractivity contribution >= 4 is 24.2 Å². The van der Waals surface area contributed by atoms with Gasteiger partial charge in [-0.1, -0.05) is 23.2 Å². The van der Waals surface area contributed by atoms with E-state index in [1.165, 1.54) is 0 Å². The molecule has 0 aliphatic carbocycles. The Balaban J connectivity index is 2.49. The van der Waals surface area contributed by atoms with Crippen LogP contribution in [-0.2, 0) is 9.31 Å². The van der Waals surface area contributed by atoms with E-state index in [4.69, 9.17) is 20.9 Å². The lowest BCUT2D eigenvalue weighted by atomic mass is 9.73. The zero-order valence-electron chi connectivity index (χ0n) is 12.8. The van der Waals surface area contributed by atoms with E-state index in [9.17, 15) is 0 Å². The summed E-state index contributed by atoms with van der Waals surface area (Å²) in [5, 5.41) is 0.801. The molecule has 0 atom stereocenters. The van der Waals surface area contributed by atoms with E-state index in [0.29, 0.717) is 0 Å². The third-order valence-electron chi connectivity index (χ3n) is 4.43. The van der Waals surface area contributed by atoms with E-state index >= 15 is 0 Å². The normalized spacial score (nSPS) is 20.9. The first kappa shape index (κ1) is 14.9. The summed E-state index contributed by atoms with van der Waals surface area (Å²) >= 11 is 6.36. The molecule has 1 aliphatic rings. The quantitative estimate of drug-likeness (QED) is 0.732. The molecule has 2 rings (SSSR count). The number of benzene rings is 1. The van der Waals surface area contributed by atoms with Gasteiger partial charge in [0.1, 0.15) is 0 Å². The first-order valence-electron chi connectivity index (χ1n) is 6.68. The summed E-state index contributed by atoms with van der Waals surface area (Å²) in [6.07, 6.45) is 0. The largest absolute Gasteiger partial charge is 0.495 e. The first-order chi connectivity index (χ1) is 8.57. The van der Waals surface area contributed by atoms with Crippen LogP contribution in [0, 0.1) is 20.8 Å².